The van der Waals surface area contributed by atoms with Gasteiger partial charge in [-0.15, -0.1) is 0 Å². The summed E-state index contributed by atoms with van der Waals surface area (Å²) in [5.41, 5.74) is 1.77. The van der Waals surface area contributed by atoms with Gasteiger partial charge >= 0.3 is 0 Å². The Morgan fingerprint density at radius 3 is 2.56 bits per heavy atom. The number of carbonyl (C=O) groups is 1. The van der Waals surface area contributed by atoms with Gasteiger partial charge in [0.25, 0.3) is 5.91 Å². The zero-order chi connectivity index (χ0) is 22.7. The first-order valence-corrected chi connectivity index (χ1v) is 12.6. The van der Waals surface area contributed by atoms with Crippen molar-refractivity contribution < 1.29 is 14.3 Å². The fourth-order valence-electron chi connectivity index (χ4n) is 4.54. The molecule has 1 unspecified atom stereocenters. The van der Waals surface area contributed by atoms with Crippen molar-refractivity contribution in [2.45, 2.75) is 44.1 Å². The lowest BCUT2D eigenvalue weighted by atomic mass is 9.85. The van der Waals surface area contributed by atoms with Gasteiger partial charge in [-0.05, 0) is 70.6 Å². The molecule has 32 heavy (non-hydrogen) atoms. The maximum absolute atomic E-state index is 13.6. The monoisotopic (exact) mass is 516 g/mol. The first kappa shape index (κ1) is 23.1. The van der Waals surface area contributed by atoms with Crippen LogP contribution in [0.4, 0.5) is 5.69 Å². The van der Waals surface area contributed by atoms with Gasteiger partial charge in [0.15, 0.2) is 17.0 Å². The Balaban J connectivity index is 1.67. The average Bonchev–Trinajstić information content (AvgIpc) is 3.08. The number of thioether (sulfide) groups is 1. The molecule has 2 aromatic rings. The van der Waals surface area contributed by atoms with Crippen LogP contribution >= 0.6 is 27.7 Å². The number of rotatable bonds is 6. The van der Waals surface area contributed by atoms with Gasteiger partial charge in [0.05, 0.1) is 23.6 Å². The lowest BCUT2D eigenvalue weighted by Crippen LogP contribution is -2.48. The lowest BCUT2D eigenvalue weighted by molar-refractivity contribution is -0.129. The molecule has 4 rings (SSSR count). The molecular formula is C25H29BrN2O3S. The first-order valence-electron chi connectivity index (χ1n) is 11.0. The van der Waals surface area contributed by atoms with Crippen LogP contribution in [-0.4, -0.2) is 36.6 Å². The molecule has 1 saturated carbocycles. The molecule has 1 aliphatic heterocycles. The summed E-state index contributed by atoms with van der Waals surface area (Å²) < 4.78 is 11.7. The third kappa shape index (κ3) is 4.79. The molecule has 5 nitrogen and oxygen atoms in total. The Bertz CT molecular complexity index is 998. The molecule has 1 saturated heterocycles. The van der Waals surface area contributed by atoms with E-state index in [0.29, 0.717) is 17.4 Å². The molecule has 1 amide bonds. The van der Waals surface area contributed by atoms with Crippen LogP contribution in [0.3, 0.4) is 0 Å². The van der Waals surface area contributed by atoms with Gasteiger partial charge in [-0.25, -0.2) is 0 Å². The lowest BCUT2D eigenvalue weighted by Gasteiger charge is -2.39. The number of halogens is 1. The molecule has 170 valence electrons. The highest BCUT2D eigenvalue weighted by molar-refractivity contribution is 9.10. The smallest absolute Gasteiger partial charge is 0.262 e. The molecule has 3 atom stereocenters. The van der Waals surface area contributed by atoms with Crippen molar-refractivity contribution >= 4 is 45.4 Å². The van der Waals surface area contributed by atoms with Crippen LogP contribution in [0.5, 0.6) is 11.5 Å². The van der Waals surface area contributed by atoms with Crippen molar-refractivity contribution in [3.05, 3.63) is 57.4 Å². The number of hydrogen-bond acceptors (Lipinski definition) is 5. The van der Waals surface area contributed by atoms with Crippen molar-refractivity contribution in [2.24, 2.45) is 5.92 Å². The van der Waals surface area contributed by atoms with Gasteiger partial charge < -0.3 is 19.7 Å². The van der Waals surface area contributed by atoms with E-state index in [4.69, 9.17) is 9.47 Å². The van der Waals surface area contributed by atoms with Gasteiger partial charge in [0.2, 0.25) is 0 Å². The van der Waals surface area contributed by atoms with Crippen molar-refractivity contribution in [3.8, 4) is 11.5 Å². The van der Waals surface area contributed by atoms with E-state index < -0.39 is 0 Å². The number of nitrogens with one attached hydrogen (secondary N) is 1. The van der Waals surface area contributed by atoms with E-state index in [0.717, 1.165) is 27.0 Å². The fraction of sp³-hybridized carbons (Fsp3) is 0.400. The predicted molar refractivity (Wildman–Crippen MR) is 135 cm³/mol. The second kappa shape index (κ2) is 10.2. The van der Waals surface area contributed by atoms with Crippen LogP contribution in [0.25, 0.3) is 6.08 Å². The molecule has 0 spiro atoms. The molecular weight excluding hydrogens is 488 g/mol. The van der Waals surface area contributed by atoms with Crippen LogP contribution < -0.4 is 14.8 Å². The normalized spacial score (nSPS) is 24.6. The van der Waals surface area contributed by atoms with Crippen LogP contribution in [0.1, 0.15) is 38.2 Å². The number of methoxy groups -OCH3 is 2. The molecule has 1 heterocycles. The largest absolute Gasteiger partial charge is 0.493 e. The molecule has 7 heteroatoms. The van der Waals surface area contributed by atoms with Crippen LogP contribution in [-0.2, 0) is 4.79 Å². The van der Waals surface area contributed by atoms with Crippen molar-refractivity contribution in [1.29, 1.82) is 0 Å². The maximum atomic E-state index is 13.6. The van der Waals surface area contributed by atoms with Gasteiger partial charge in [0.1, 0.15) is 0 Å². The third-order valence-electron chi connectivity index (χ3n) is 6.18. The third-order valence-corrected chi connectivity index (χ3v) is 7.88. The van der Waals surface area contributed by atoms with E-state index in [1.807, 2.05) is 48.5 Å². The second-order valence-electron chi connectivity index (χ2n) is 8.27. The SMILES string of the molecule is COc1cc(/C=C2\SC(Nc3ccccc3)N([C@H]3CCCC[C@@H]3C)C2=O)cc(Br)c1OC. The Kier molecular flexibility index (Phi) is 7.36. The number of hydrogen-bond donors (Lipinski definition) is 1. The molecule has 0 aromatic heterocycles. The minimum Gasteiger partial charge on any atom is -0.493 e. The molecule has 2 aliphatic rings. The number of benzene rings is 2. The summed E-state index contributed by atoms with van der Waals surface area (Å²) in [6.07, 6.45) is 6.58. The summed E-state index contributed by atoms with van der Waals surface area (Å²) in [6, 6.07) is 14.2. The minimum absolute atomic E-state index is 0.0908. The highest BCUT2D eigenvalue weighted by Gasteiger charge is 2.42. The molecule has 0 radical (unpaired) electrons. The Morgan fingerprint density at radius 1 is 1.12 bits per heavy atom. The number of para-hydroxylation sites is 1. The molecule has 1 aliphatic carbocycles. The summed E-state index contributed by atoms with van der Waals surface area (Å²) in [7, 11) is 3.23. The highest BCUT2D eigenvalue weighted by atomic mass is 79.9. The quantitative estimate of drug-likeness (QED) is 0.452. The predicted octanol–water partition coefficient (Wildman–Crippen LogP) is 6.36. The molecule has 1 N–H and O–H groups in total. The van der Waals surface area contributed by atoms with Gasteiger partial charge in [-0.2, -0.15) is 0 Å². The van der Waals surface area contributed by atoms with Gasteiger partial charge in [0, 0.05) is 11.7 Å². The summed E-state index contributed by atoms with van der Waals surface area (Å²) in [5.74, 6) is 1.85. The van der Waals surface area contributed by atoms with Crippen molar-refractivity contribution in [1.82, 2.24) is 4.90 Å². The Labute approximate surface area is 202 Å². The summed E-state index contributed by atoms with van der Waals surface area (Å²) in [5, 5.41) is 3.58. The van der Waals surface area contributed by atoms with E-state index in [2.05, 4.69) is 33.1 Å². The standard InChI is InChI=1S/C25H29BrN2O3S/c1-16-9-7-8-12-20(16)28-24(29)22(32-25(28)27-18-10-5-4-6-11-18)15-17-13-19(26)23(31-3)21(14-17)30-2/h4-6,10-11,13-16,20,25,27H,7-9,12H2,1-3H3/b22-15-/t16-,20-,25?/m0/s1. The highest BCUT2D eigenvalue weighted by Crippen LogP contribution is 2.43. The van der Waals surface area contributed by atoms with E-state index >= 15 is 0 Å². The average molecular weight is 517 g/mol. The molecule has 0 bridgehead atoms. The van der Waals surface area contributed by atoms with Crippen LogP contribution in [0.15, 0.2) is 51.8 Å². The number of ether oxygens (including phenoxy) is 2. The Hall–Kier alpha value is -2.12. The first-order chi connectivity index (χ1) is 15.5. The van der Waals surface area contributed by atoms with Crippen LogP contribution in [0, 0.1) is 5.92 Å². The second-order valence-corrected chi connectivity index (χ2v) is 10.2. The van der Waals surface area contributed by atoms with E-state index in [1.54, 1.807) is 26.0 Å². The molecule has 2 aromatic carbocycles. The van der Waals surface area contributed by atoms with Crippen LogP contribution in [0.2, 0.25) is 0 Å². The maximum Gasteiger partial charge on any atom is 0.262 e. The summed E-state index contributed by atoms with van der Waals surface area (Å²) >= 11 is 5.13. The van der Waals surface area contributed by atoms with E-state index in [1.165, 1.54) is 19.3 Å². The number of nitrogens with zero attached hydrogens (tertiary/aromatic N) is 1. The van der Waals surface area contributed by atoms with Crippen molar-refractivity contribution in [2.75, 3.05) is 19.5 Å². The topological polar surface area (TPSA) is 50.8 Å². The fourth-order valence-corrected chi connectivity index (χ4v) is 6.37. The van der Waals surface area contributed by atoms with E-state index in [-0.39, 0.29) is 17.4 Å². The van der Waals surface area contributed by atoms with E-state index in [9.17, 15) is 4.79 Å². The van der Waals surface area contributed by atoms with Gasteiger partial charge in [-0.3, -0.25) is 4.79 Å². The number of anilines is 1. The number of carbonyl (C=O) groups excluding carboxylic acids is 1. The number of amides is 1. The Morgan fingerprint density at radius 2 is 1.88 bits per heavy atom. The zero-order valence-corrected chi connectivity index (χ0v) is 21.0. The molecule has 2 fully saturated rings. The minimum atomic E-state index is -0.134. The summed E-state index contributed by atoms with van der Waals surface area (Å²) in [4.78, 5) is 16.5. The zero-order valence-electron chi connectivity index (χ0n) is 18.6. The van der Waals surface area contributed by atoms with Crippen molar-refractivity contribution in [3.63, 3.8) is 0 Å². The summed E-state index contributed by atoms with van der Waals surface area (Å²) in [6.45, 7) is 2.27. The van der Waals surface area contributed by atoms with Gasteiger partial charge in [-0.1, -0.05) is 49.7 Å².